The van der Waals surface area contributed by atoms with E-state index in [2.05, 4.69) is 39.0 Å². The van der Waals surface area contributed by atoms with Gasteiger partial charge in [-0.2, -0.15) is 0 Å². The molecule has 1 aromatic rings. The average Bonchev–Trinajstić information content (AvgIpc) is 2.48. The normalized spacial score (nSPS) is 19.3. The number of hydrogen-bond acceptors (Lipinski definition) is 6. The van der Waals surface area contributed by atoms with Crippen LogP contribution in [0.1, 0.15) is 26.0 Å². The van der Waals surface area contributed by atoms with Crippen molar-refractivity contribution in [3.8, 4) is 0 Å². The highest BCUT2D eigenvalue weighted by atomic mass is 15.3. The molecule has 0 aromatic carbocycles. The third-order valence-electron chi connectivity index (χ3n) is 3.86. The van der Waals surface area contributed by atoms with E-state index < -0.39 is 0 Å². The molecule has 1 unspecified atom stereocenters. The number of nitrogens with one attached hydrogen (secondary N) is 1. The SMILES string of the molecule is CCC(C)N1CCN(Cc2cnc(NN)cn2)CC1. The lowest BCUT2D eigenvalue weighted by atomic mass is 10.2. The molecule has 3 N–H and O–H groups in total. The summed E-state index contributed by atoms with van der Waals surface area (Å²) >= 11 is 0. The van der Waals surface area contributed by atoms with Crippen LogP contribution in [0, 0.1) is 0 Å². The first-order valence-corrected chi connectivity index (χ1v) is 6.97. The van der Waals surface area contributed by atoms with Gasteiger partial charge in [0.2, 0.25) is 0 Å². The smallest absolute Gasteiger partial charge is 0.158 e. The highest BCUT2D eigenvalue weighted by Gasteiger charge is 2.20. The molecule has 1 aliphatic heterocycles. The quantitative estimate of drug-likeness (QED) is 0.602. The summed E-state index contributed by atoms with van der Waals surface area (Å²) in [5.74, 6) is 5.87. The maximum Gasteiger partial charge on any atom is 0.158 e. The third-order valence-corrected chi connectivity index (χ3v) is 3.86. The zero-order valence-corrected chi connectivity index (χ0v) is 11.8. The minimum Gasteiger partial charge on any atom is -0.307 e. The summed E-state index contributed by atoms with van der Waals surface area (Å²) in [6, 6.07) is 0.692. The Kier molecular flexibility index (Phi) is 5.07. The number of rotatable bonds is 5. The molecule has 1 saturated heterocycles. The number of nitrogens with zero attached hydrogens (tertiary/aromatic N) is 4. The van der Waals surface area contributed by atoms with Crippen LogP contribution in [0.25, 0.3) is 0 Å². The molecule has 6 nitrogen and oxygen atoms in total. The van der Waals surface area contributed by atoms with Crippen molar-refractivity contribution >= 4 is 5.82 Å². The summed E-state index contributed by atoms with van der Waals surface area (Å²) in [7, 11) is 0. The van der Waals surface area contributed by atoms with E-state index in [4.69, 9.17) is 5.84 Å². The van der Waals surface area contributed by atoms with Crippen LogP contribution in [0.4, 0.5) is 5.82 Å². The summed E-state index contributed by atoms with van der Waals surface area (Å²) in [5.41, 5.74) is 3.48. The second kappa shape index (κ2) is 6.79. The van der Waals surface area contributed by atoms with Crippen molar-refractivity contribution in [2.45, 2.75) is 32.9 Å². The Hall–Kier alpha value is -1.24. The lowest BCUT2D eigenvalue weighted by molar-refractivity contribution is 0.0955. The van der Waals surface area contributed by atoms with Crippen molar-refractivity contribution in [1.82, 2.24) is 19.8 Å². The Morgan fingerprint density at radius 1 is 1.26 bits per heavy atom. The van der Waals surface area contributed by atoms with E-state index in [0.717, 1.165) is 38.4 Å². The third kappa shape index (κ3) is 3.86. The summed E-state index contributed by atoms with van der Waals surface area (Å²) in [5, 5.41) is 0. The summed E-state index contributed by atoms with van der Waals surface area (Å²) in [6.07, 6.45) is 4.68. The fraction of sp³-hybridized carbons (Fsp3) is 0.692. The maximum absolute atomic E-state index is 5.27. The Labute approximate surface area is 115 Å². The molecule has 1 aromatic heterocycles. The van der Waals surface area contributed by atoms with Crippen molar-refractivity contribution in [3.63, 3.8) is 0 Å². The molecule has 0 spiro atoms. The molecule has 6 heteroatoms. The molecule has 0 radical (unpaired) electrons. The number of hydrazine groups is 1. The van der Waals surface area contributed by atoms with Crippen LogP contribution in [0.5, 0.6) is 0 Å². The van der Waals surface area contributed by atoms with Gasteiger partial charge in [0.25, 0.3) is 0 Å². The highest BCUT2D eigenvalue weighted by molar-refractivity contribution is 5.28. The van der Waals surface area contributed by atoms with Crippen molar-refractivity contribution in [2.24, 2.45) is 5.84 Å². The number of anilines is 1. The van der Waals surface area contributed by atoms with Gasteiger partial charge in [-0.25, -0.2) is 10.8 Å². The second-order valence-electron chi connectivity index (χ2n) is 5.11. The van der Waals surface area contributed by atoms with E-state index in [1.807, 2.05) is 0 Å². The van der Waals surface area contributed by atoms with E-state index >= 15 is 0 Å². The second-order valence-corrected chi connectivity index (χ2v) is 5.11. The lowest BCUT2D eigenvalue weighted by Gasteiger charge is -2.37. The molecule has 1 atom stereocenters. The van der Waals surface area contributed by atoms with Gasteiger partial charge in [-0.15, -0.1) is 0 Å². The highest BCUT2D eigenvalue weighted by Crippen LogP contribution is 2.11. The Balaban J connectivity index is 1.81. The molecule has 0 saturated carbocycles. The van der Waals surface area contributed by atoms with Gasteiger partial charge in [0.15, 0.2) is 5.82 Å². The molecule has 0 amide bonds. The van der Waals surface area contributed by atoms with Crippen LogP contribution in [0.2, 0.25) is 0 Å². The van der Waals surface area contributed by atoms with Crippen LogP contribution in [0.3, 0.4) is 0 Å². The first-order chi connectivity index (χ1) is 9.22. The topological polar surface area (TPSA) is 70.3 Å². The van der Waals surface area contributed by atoms with E-state index in [1.165, 1.54) is 6.42 Å². The monoisotopic (exact) mass is 264 g/mol. The largest absolute Gasteiger partial charge is 0.307 e. The van der Waals surface area contributed by atoms with E-state index in [1.54, 1.807) is 12.4 Å². The minimum atomic E-state index is 0.602. The van der Waals surface area contributed by atoms with Crippen LogP contribution in [-0.2, 0) is 6.54 Å². The molecule has 1 fully saturated rings. The van der Waals surface area contributed by atoms with Gasteiger partial charge >= 0.3 is 0 Å². The fourth-order valence-corrected chi connectivity index (χ4v) is 2.36. The van der Waals surface area contributed by atoms with Crippen molar-refractivity contribution in [3.05, 3.63) is 18.1 Å². The summed E-state index contributed by atoms with van der Waals surface area (Å²) in [4.78, 5) is 13.5. The first kappa shape index (κ1) is 14.2. The van der Waals surface area contributed by atoms with Gasteiger partial charge in [-0.3, -0.25) is 14.8 Å². The molecule has 19 heavy (non-hydrogen) atoms. The summed E-state index contributed by atoms with van der Waals surface area (Å²) < 4.78 is 0. The predicted octanol–water partition coefficient (Wildman–Crippen LogP) is 0.678. The molecular weight excluding hydrogens is 240 g/mol. The standard InChI is InChI=1S/C13H24N6/c1-3-11(2)19-6-4-18(5-7-19)10-12-8-16-13(17-14)9-15-12/h8-9,11H,3-7,10,14H2,1-2H3,(H,16,17). The molecule has 2 rings (SSSR count). The van der Waals surface area contributed by atoms with Gasteiger partial charge in [-0.1, -0.05) is 6.92 Å². The zero-order valence-electron chi connectivity index (χ0n) is 11.8. The van der Waals surface area contributed by atoms with Gasteiger partial charge in [0.1, 0.15) is 0 Å². The Morgan fingerprint density at radius 2 is 2.00 bits per heavy atom. The number of aromatic nitrogens is 2. The predicted molar refractivity (Wildman–Crippen MR) is 76.4 cm³/mol. The van der Waals surface area contributed by atoms with E-state index in [0.29, 0.717) is 11.9 Å². The summed E-state index contributed by atoms with van der Waals surface area (Å²) in [6.45, 7) is 9.91. The lowest BCUT2D eigenvalue weighted by Crippen LogP contribution is -2.49. The van der Waals surface area contributed by atoms with Gasteiger partial charge < -0.3 is 5.43 Å². The number of nitrogens with two attached hydrogens (primary N) is 1. The number of piperazine rings is 1. The van der Waals surface area contributed by atoms with Crippen LogP contribution < -0.4 is 11.3 Å². The zero-order chi connectivity index (χ0) is 13.7. The van der Waals surface area contributed by atoms with E-state index in [-0.39, 0.29) is 0 Å². The Bertz CT molecular complexity index is 371. The first-order valence-electron chi connectivity index (χ1n) is 6.97. The Morgan fingerprint density at radius 3 is 2.53 bits per heavy atom. The van der Waals surface area contributed by atoms with Gasteiger partial charge in [0, 0.05) is 38.8 Å². The van der Waals surface area contributed by atoms with Crippen molar-refractivity contribution in [1.29, 1.82) is 0 Å². The number of nitrogen functional groups attached to an aromatic ring is 1. The molecule has 0 bridgehead atoms. The molecule has 1 aliphatic rings. The molecule has 106 valence electrons. The minimum absolute atomic E-state index is 0.602. The van der Waals surface area contributed by atoms with E-state index in [9.17, 15) is 0 Å². The molecular formula is C13H24N6. The number of hydrogen-bond donors (Lipinski definition) is 2. The fourth-order valence-electron chi connectivity index (χ4n) is 2.36. The van der Waals surface area contributed by atoms with Crippen molar-refractivity contribution in [2.75, 3.05) is 31.6 Å². The van der Waals surface area contributed by atoms with Gasteiger partial charge in [0.05, 0.1) is 18.1 Å². The average molecular weight is 264 g/mol. The maximum atomic E-state index is 5.27. The molecule has 0 aliphatic carbocycles. The van der Waals surface area contributed by atoms with Crippen LogP contribution in [0.15, 0.2) is 12.4 Å². The molecule has 2 heterocycles. The van der Waals surface area contributed by atoms with Crippen LogP contribution >= 0.6 is 0 Å². The van der Waals surface area contributed by atoms with Gasteiger partial charge in [-0.05, 0) is 13.3 Å². The van der Waals surface area contributed by atoms with Crippen molar-refractivity contribution < 1.29 is 0 Å². The van der Waals surface area contributed by atoms with Crippen LogP contribution in [-0.4, -0.2) is 52.0 Å².